The van der Waals surface area contributed by atoms with E-state index in [1.807, 2.05) is 0 Å². The van der Waals surface area contributed by atoms with Crippen LogP contribution in [-0.2, 0) is 23.9 Å². The highest BCUT2D eigenvalue weighted by atomic mass is 16.6. The van der Waals surface area contributed by atoms with Gasteiger partial charge in [-0.2, -0.15) is 0 Å². The van der Waals surface area contributed by atoms with Crippen LogP contribution in [0, 0.1) is 0 Å². The lowest BCUT2D eigenvalue weighted by Gasteiger charge is -2.43. The van der Waals surface area contributed by atoms with E-state index in [2.05, 4.69) is 4.74 Å². The number of aliphatic hydroxyl groups is 3. The highest BCUT2D eigenvalue weighted by molar-refractivity contribution is 6.15. The minimum atomic E-state index is -3.23. The van der Waals surface area contributed by atoms with Crippen molar-refractivity contribution < 1.29 is 39.2 Å². The quantitative estimate of drug-likeness (QED) is 0.294. The van der Waals surface area contributed by atoms with Gasteiger partial charge in [-0.3, -0.25) is 19.2 Å². The van der Waals surface area contributed by atoms with E-state index in [9.17, 15) is 34.5 Å². The van der Waals surface area contributed by atoms with Gasteiger partial charge in [0.2, 0.25) is 5.60 Å². The van der Waals surface area contributed by atoms with Crippen LogP contribution >= 0.6 is 0 Å². The van der Waals surface area contributed by atoms with Gasteiger partial charge in [0.25, 0.3) is 11.5 Å². The van der Waals surface area contributed by atoms with Crippen molar-refractivity contribution in [3.8, 4) is 0 Å². The molecule has 4 atom stereocenters. The second-order valence-corrected chi connectivity index (χ2v) is 4.70. The summed E-state index contributed by atoms with van der Waals surface area (Å²) < 4.78 is 4.55. The molecule has 120 valence electrons. The van der Waals surface area contributed by atoms with Crippen LogP contribution in [0.15, 0.2) is 0 Å². The Kier molecular flexibility index (Phi) is 5.74. The lowest BCUT2D eigenvalue weighted by molar-refractivity contribution is -0.223. The standard InChI is InChI=1S/C12H19NO8/c1-5(14)9(18)11(20,6(2)15)12(7(3)16,10(13)19)21-8(4)17/h5,9,14,18,20H,1-4H3,(H2,13,19)/t5?,9?,11?,12-/m0/s1. The van der Waals surface area contributed by atoms with Crippen molar-refractivity contribution in [2.24, 2.45) is 5.73 Å². The van der Waals surface area contributed by atoms with Crippen molar-refractivity contribution in [3.63, 3.8) is 0 Å². The minimum Gasteiger partial charge on any atom is -0.437 e. The van der Waals surface area contributed by atoms with Gasteiger partial charge in [0, 0.05) is 6.92 Å². The molecule has 0 aliphatic rings. The van der Waals surface area contributed by atoms with E-state index in [0.29, 0.717) is 0 Å². The maximum absolute atomic E-state index is 11.8. The zero-order chi connectivity index (χ0) is 17.2. The summed E-state index contributed by atoms with van der Waals surface area (Å²) in [4.78, 5) is 46.5. The third kappa shape index (κ3) is 2.94. The second-order valence-electron chi connectivity index (χ2n) is 4.70. The summed E-state index contributed by atoms with van der Waals surface area (Å²) in [7, 11) is 0. The molecular weight excluding hydrogens is 286 g/mol. The third-order valence-electron chi connectivity index (χ3n) is 3.10. The summed E-state index contributed by atoms with van der Waals surface area (Å²) in [6, 6.07) is 0. The molecular formula is C12H19NO8. The number of amides is 1. The molecule has 0 fully saturated rings. The number of carbonyl (C=O) groups excluding carboxylic acids is 4. The molecule has 0 bridgehead atoms. The van der Waals surface area contributed by atoms with E-state index in [0.717, 1.165) is 27.7 Å². The molecule has 9 heteroatoms. The van der Waals surface area contributed by atoms with Crippen molar-refractivity contribution in [1.29, 1.82) is 0 Å². The molecule has 21 heavy (non-hydrogen) atoms. The van der Waals surface area contributed by atoms with E-state index < -0.39 is 46.9 Å². The average molecular weight is 305 g/mol. The predicted octanol–water partition coefficient (Wildman–Crippen LogP) is -2.58. The highest BCUT2D eigenvalue weighted by Crippen LogP contribution is 2.34. The Labute approximate surface area is 120 Å². The molecule has 0 aromatic rings. The normalized spacial score (nSPS) is 19.6. The van der Waals surface area contributed by atoms with Gasteiger partial charge in [0.15, 0.2) is 11.6 Å². The van der Waals surface area contributed by atoms with Crippen LogP contribution in [0.2, 0.25) is 0 Å². The fourth-order valence-electron chi connectivity index (χ4n) is 2.06. The van der Waals surface area contributed by atoms with Gasteiger partial charge in [-0.25, -0.2) is 0 Å². The molecule has 0 aromatic carbocycles. The van der Waals surface area contributed by atoms with Crippen molar-refractivity contribution in [3.05, 3.63) is 0 Å². The van der Waals surface area contributed by atoms with Crippen LogP contribution in [-0.4, -0.2) is 62.2 Å². The Hall–Kier alpha value is -1.84. The largest absolute Gasteiger partial charge is 0.437 e. The lowest BCUT2D eigenvalue weighted by Crippen LogP contribution is -2.76. The zero-order valence-corrected chi connectivity index (χ0v) is 12.1. The van der Waals surface area contributed by atoms with Gasteiger partial charge < -0.3 is 25.8 Å². The summed E-state index contributed by atoms with van der Waals surface area (Å²) in [5.41, 5.74) is -1.34. The third-order valence-corrected chi connectivity index (χ3v) is 3.10. The Morgan fingerprint density at radius 2 is 1.48 bits per heavy atom. The summed E-state index contributed by atoms with van der Waals surface area (Å²) in [5, 5.41) is 29.8. The fourth-order valence-corrected chi connectivity index (χ4v) is 2.06. The smallest absolute Gasteiger partial charge is 0.304 e. The molecule has 0 heterocycles. The van der Waals surface area contributed by atoms with Gasteiger partial charge >= 0.3 is 5.97 Å². The molecule has 0 aliphatic carbocycles. The topological polar surface area (TPSA) is 164 Å². The number of Topliss-reactive ketones (excluding diaryl/α,β-unsaturated/α-hetero) is 2. The number of primary amides is 1. The van der Waals surface area contributed by atoms with Crippen LogP contribution in [0.3, 0.4) is 0 Å². The molecule has 3 unspecified atom stereocenters. The molecule has 1 amide bonds. The van der Waals surface area contributed by atoms with E-state index >= 15 is 0 Å². The molecule has 5 N–H and O–H groups in total. The molecule has 0 spiro atoms. The van der Waals surface area contributed by atoms with Crippen molar-refractivity contribution in [2.75, 3.05) is 0 Å². The number of esters is 1. The molecule has 0 rings (SSSR count). The molecule has 9 nitrogen and oxygen atoms in total. The van der Waals surface area contributed by atoms with E-state index in [1.165, 1.54) is 0 Å². The van der Waals surface area contributed by atoms with E-state index in [-0.39, 0.29) is 0 Å². The number of aliphatic hydroxyl groups excluding tert-OH is 2. The number of carbonyl (C=O) groups is 4. The Morgan fingerprint density at radius 3 is 1.67 bits per heavy atom. The first-order chi connectivity index (χ1) is 9.35. The molecule has 0 aliphatic heterocycles. The average Bonchev–Trinajstić information content (AvgIpc) is 2.32. The Balaban J connectivity index is 6.56. The first-order valence-electron chi connectivity index (χ1n) is 5.95. The second kappa shape index (κ2) is 6.29. The van der Waals surface area contributed by atoms with Crippen LogP contribution in [0.5, 0.6) is 0 Å². The highest BCUT2D eigenvalue weighted by Gasteiger charge is 2.68. The first kappa shape index (κ1) is 19.2. The minimum absolute atomic E-state index is 0.746. The molecule has 0 saturated heterocycles. The number of hydrogen-bond donors (Lipinski definition) is 4. The van der Waals surface area contributed by atoms with Crippen LogP contribution in [0.25, 0.3) is 0 Å². The predicted molar refractivity (Wildman–Crippen MR) is 67.7 cm³/mol. The van der Waals surface area contributed by atoms with Crippen LogP contribution in [0.4, 0.5) is 0 Å². The van der Waals surface area contributed by atoms with Crippen molar-refractivity contribution in [1.82, 2.24) is 0 Å². The van der Waals surface area contributed by atoms with E-state index in [4.69, 9.17) is 5.73 Å². The number of hydrogen-bond acceptors (Lipinski definition) is 8. The summed E-state index contributed by atoms with van der Waals surface area (Å²) in [5.74, 6) is -5.40. The Bertz CT molecular complexity index is 458. The van der Waals surface area contributed by atoms with Gasteiger partial charge in [-0.05, 0) is 20.8 Å². The summed E-state index contributed by atoms with van der Waals surface area (Å²) in [6.07, 6.45) is -4.03. The number of rotatable bonds is 7. The van der Waals surface area contributed by atoms with Crippen LogP contribution in [0.1, 0.15) is 27.7 Å². The molecule has 0 aromatic heterocycles. The fraction of sp³-hybridized carbons (Fsp3) is 0.667. The van der Waals surface area contributed by atoms with Gasteiger partial charge in [0.05, 0.1) is 6.10 Å². The summed E-state index contributed by atoms with van der Waals surface area (Å²) in [6.45, 7) is 3.31. The summed E-state index contributed by atoms with van der Waals surface area (Å²) >= 11 is 0. The molecule has 0 saturated carbocycles. The van der Waals surface area contributed by atoms with Crippen LogP contribution < -0.4 is 5.73 Å². The maximum atomic E-state index is 11.8. The molecule has 0 radical (unpaired) electrons. The number of ether oxygens (including phenoxy) is 1. The Morgan fingerprint density at radius 1 is 1.05 bits per heavy atom. The lowest BCUT2D eigenvalue weighted by atomic mass is 9.71. The first-order valence-corrected chi connectivity index (χ1v) is 5.95. The monoisotopic (exact) mass is 305 g/mol. The van der Waals surface area contributed by atoms with E-state index in [1.54, 1.807) is 0 Å². The zero-order valence-electron chi connectivity index (χ0n) is 12.1. The maximum Gasteiger partial charge on any atom is 0.304 e. The van der Waals surface area contributed by atoms with Gasteiger partial charge in [-0.1, -0.05) is 0 Å². The number of nitrogens with two attached hydrogens (primary N) is 1. The number of ketones is 2. The van der Waals surface area contributed by atoms with Gasteiger partial charge in [0.1, 0.15) is 6.10 Å². The van der Waals surface area contributed by atoms with Gasteiger partial charge in [-0.15, -0.1) is 0 Å². The SMILES string of the molecule is CC(=O)O[C@@](C(C)=O)(C(N)=O)C(O)(C(C)=O)C(O)C(C)O. The van der Waals surface area contributed by atoms with Crippen molar-refractivity contribution in [2.45, 2.75) is 51.1 Å². The van der Waals surface area contributed by atoms with Crippen molar-refractivity contribution >= 4 is 23.4 Å².